The molecule has 16 heavy (non-hydrogen) atoms. The van der Waals surface area contributed by atoms with Gasteiger partial charge in [0.25, 0.3) is 0 Å². The molecule has 3 nitrogen and oxygen atoms in total. The van der Waals surface area contributed by atoms with E-state index in [0.717, 1.165) is 13.1 Å². The molecule has 0 N–H and O–H groups in total. The highest BCUT2D eigenvalue weighted by Crippen LogP contribution is 2.24. The van der Waals surface area contributed by atoms with Crippen LogP contribution in [0, 0.1) is 5.92 Å². The van der Waals surface area contributed by atoms with E-state index in [9.17, 15) is 4.79 Å². The van der Waals surface area contributed by atoms with Crippen molar-refractivity contribution in [3.05, 3.63) is 0 Å². The van der Waals surface area contributed by atoms with E-state index in [1.165, 1.54) is 32.8 Å². The Bertz CT molecular complexity index is 210. The van der Waals surface area contributed by atoms with Gasteiger partial charge in [0.1, 0.15) is 0 Å². The van der Waals surface area contributed by atoms with Crippen LogP contribution in [0.4, 0.5) is 0 Å². The van der Waals surface area contributed by atoms with Crippen LogP contribution >= 0.6 is 0 Å². The second kappa shape index (κ2) is 6.89. The summed E-state index contributed by atoms with van der Waals surface area (Å²) in [5, 5.41) is 0. The molecule has 0 aromatic rings. The lowest BCUT2D eigenvalue weighted by Crippen LogP contribution is -2.37. The van der Waals surface area contributed by atoms with E-state index in [0.29, 0.717) is 18.4 Å². The first kappa shape index (κ1) is 13.5. The number of ether oxygens (including phenoxy) is 1. The summed E-state index contributed by atoms with van der Waals surface area (Å²) in [6.45, 7) is 6.43. The average molecular weight is 227 g/mol. The zero-order valence-corrected chi connectivity index (χ0v) is 10.9. The van der Waals surface area contributed by atoms with E-state index in [2.05, 4.69) is 18.7 Å². The number of carbonyl (C=O) groups is 1. The van der Waals surface area contributed by atoms with Crippen LogP contribution in [-0.4, -0.2) is 37.1 Å². The van der Waals surface area contributed by atoms with Crippen LogP contribution in [0.15, 0.2) is 0 Å². The molecule has 0 unspecified atom stereocenters. The fourth-order valence-electron chi connectivity index (χ4n) is 2.50. The maximum atomic E-state index is 11.2. The van der Waals surface area contributed by atoms with Crippen LogP contribution < -0.4 is 0 Å². The highest BCUT2D eigenvalue weighted by atomic mass is 16.5. The normalized spacial score (nSPS) is 17.3. The summed E-state index contributed by atoms with van der Waals surface area (Å²) in [6, 6.07) is 0.701. The summed E-state index contributed by atoms with van der Waals surface area (Å²) in [7, 11) is 1.46. The molecule has 1 fully saturated rings. The Kier molecular flexibility index (Phi) is 5.81. The third-order valence-electron chi connectivity index (χ3n) is 3.27. The van der Waals surface area contributed by atoms with Gasteiger partial charge in [0.15, 0.2) is 0 Å². The van der Waals surface area contributed by atoms with Crippen LogP contribution in [0.5, 0.6) is 0 Å². The van der Waals surface area contributed by atoms with Crippen molar-refractivity contribution in [1.29, 1.82) is 0 Å². The SMILES string of the molecule is COC(=O)CCN(CC(C)C)C1CCCC1. The van der Waals surface area contributed by atoms with Gasteiger partial charge in [-0.05, 0) is 18.8 Å². The van der Waals surface area contributed by atoms with Gasteiger partial charge >= 0.3 is 5.97 Å². The molecule has 0 heterocycles. The molecule has 0 atom stereocenters. The minimum Gasteiger partial charge on any atom is -0.469 e. The maximum Gasteiger partial charge on any atom is 0.306 e. The number of nitrogens with zero attached hydrogens (tertiary/aromatic N) is 1. The van der Waals surface area contributed by atoms with Crippen molar-refractivity contribution in [1.82, 2.24) is 4.90 Å². The highest BCUT2D eigenvalue weighted by Gasteiger charge is 2.23. The van der Waals surface area contributed by atoms with E-state index < -0.39 is 0 Å². The molecular weight excluding hydrogens is 202 g/mol. The summed E-state index contributed by atoms with van der Waals surface area (Å²) >= 11 is 0. The fraction of sp³-hybridized carbons (Fsp3) is 0.923. The van der Waals surface area contributed by atoms with Gasteiger partial charge < -0.3 is 4.74 Å². The number of carbonyl (C=O) groups excluding carboxylic acids is 1. The molecule has 3 heteroatoms. The maximum absolute atomic E-state index is 11.2. The first-order valence-electron chi connectivity index (χ1n) is 6.44. The number of methoxy groups -OCH3 is 1. The smallest absolute Gasteiger partial charge is 0.306 e. The molecule has 94 valence electrons. The van der Waals surface area contributed by atoms with Crippen LogP contribution in [0.3, 0.4) is 0 Å². The van der Waals surface area contributed by atoms with E-state index in [4.69, 9.17) is 4.74 Å². The van der Waals surface area contributed by atoms with Gasteiger partial charge in [-0.3, -0.25) is 9.69 Å². The Morgan fingerprint density at radius 2 is 2.00 bits per heavy atom. The fourth-order valence-corrected chi connectivity index (χ4v) is 2.50. The largest absolute Gasteiger partial charge is 0.469 e. The molecule has 0 aliphatic heterocycles. The Balaban J connectivity index is 2.39. The standard InChI is InChI=1S/C13H25NO2/c1-11(2)10-14(9-8-13(15)16-3)12-6-4-5-7-12/h11-12H,4-10H2,1-3H3. The van der Waals surface area contributed by atoms with Crippen LogP contribution in [0.2, 0.25) is 0 Å². The van der Waals surface area contributed by atoms with Crippen molar-refractivity contribution in [2.45, 2.75) is 52.0 Å². The van der Waals surface area contributed by atoms with Gasteiger partial charge in [-0.2, -0.15) is 0 Å². The monoisotopic (exact) mass is 227 g/mol. The number of rotatable bonds is 6. The van der Waals surface area contributed by atoms with Crippen molar-refractivity contribution >= 4 is 5.97 Å². The Labute approximate surface area is 99.1 Å². The summed E-state index contributed by atoms with van der Waals surface area (Å²) in [5.41, 5.74) is 0. The second-order valence-electron chi connectivity index (χ2n) is 5.15. The third kappa shape index (κ3) is 4.52. The lowest BCUT2D eigenvalue weighted by Gasteiger charge is -2.30. The number of hydrogen-bond donors (Lipinski definition) is 0. The zero-order chi connectivity index (χ0) is 12.0. The zero-order valence-electron chi connectivity index (χ0n) is 10.9. The molecule has 0 saturated heterocycles. The first-order chi connectivity index (χ1) is 7.63. The lowest BCUT2D eigenvalue weighted by molar-refractivity contribution is -0.141. The van der Waals surface area contributed by atoms with E-state index in [1.807, 2.05) is 0 Å². The first-order valence-corrected chi connectivity index (χ1v) is 6.44. The van der Waals surface area contributed by atoms with Gasteiger partial charge in [0.2, 0.25) is 0 Å². The predicted molar refractivity (Wildman–Crippen MR) is 65.3 cm³/mol. The van der Waals surface area contributed by atoms with Crippen LogP contribution in [0.1, 0.15) is 46.0 Å². The van der Waals surface area contributed by atoms with Gasteiger partial charge in [-0.25, -0.2) is 0 Å². The molecule has 0 spiro atoms. The lowest BCUT2D eigenvalue weighted by atomic mass is 10.1. The van der Waals surface area contributed by atoms with Crippen molar-refractivity contribution in [3.63, 3.8) is 0 Å². The van der Waals surface area contributed by atoms with E-state index in [1.54, 1.807) is 0 Å². The average Bonchev–Trinajstić information content (AvgIpc) is 2.76. The van der Waals surface area contributed by atoms with Crippen molar-refractivity contribution in [2.75, 3.05) is 20.2 Å². The van der Waals surface area contributed by atoms with Gasteiger partial charge in [0, 0.05) is 19.1 Å². The van der Waals surface area contributed by atoms with E-state index in [-0.39, 0.29) is 5.97 Å². The predicted octanol–water partition coefficient (Wildman–Crippen LogP) is 2.45. The Morgan fingerprint density at radius 1 is 1.38 bits per heavy atom. The molecule has 1 saturated carbocycles. The molecule has 1 aliphatic carbocycles. The molecule has 0 radical (unpaired) electrons. The van der Waals surface area contributed by atoms with Gasteiger partial charge in [-0.1, -0.05) is 26.7 Å². The number of esters is 1. The molecule has 0 amide bonds. The molecule has 1 aliphatic rings. The second-order valence-corrected chi connectivity index (χ2v) is 5.15. The minimum atomic E-state index is -0.0910. The van der Waals surface area contributed by atoms with E-state index >= 15 is 0 Å². The highest BCUT2D eigenvalue weighted by molar-refractivity contribution is 5.69. The van der Waals surface area contributed by atoms with Gasteiger partial charge in [0.05, 0.1) is 13.5 Å². The van der Waals surface area contributed by atoms with Crippen molar-refractivity contribution in [3.8, 4) is 0 Å². The summed E-state index contributed by atoms with van der Waals surface area (Å²) in [5.74, 6) is 0.574. The number of hydrogen-bond acceptors (Lipinski definition) is 3. The molecule has 1 rings (SSSR count). The summed E-state index contributed by atoms with van der Waals surface area (Å²) in [4.78, 5) is 13.6. The van der Waals surface area contributed by atoms with Gasteiger partial charge in [-0.15, -0.1) is 0 Å². The van der Waals surface area contributed by atoms with Crippen molar-refractivity contribution < 1.29 is 9.53 Å². The quantitative estimate of drug-likeness (QED) is 0.653. The van der Waals surface area contributed by atoms with Crippen molar-refractivity contribution in [2.24, 2.45) is 5.92 Å². The summed E-state index contributed by atoms with van der Waals surface area (Å²) in [6.07, 6.45) is 5.82. The molecular formula is C13H25NO2. The summed E-state index contributed by atoms with van der Waals surface area (Å²) < 4.78 is 4.70. The van der Waals surface area contributed by atoms with Crippen LogP contribution in [-0.2, 0) is 9.53 Å². The molecule has 0 aromatic heterocycles. The molecule has 0 bridgehead atoms. The topological polar surface area (TPSA) is 29.5 Å². The molecule has 0 aromatic carbocycles. The third-order valence-corrected chi connectivity index (χ3v) is 3.27. The minimum absolute atomic E-state index is 0.0910. The Hall–Kier alpha value is -0.570. The van der Waals surface area contributed by atoms with Crippen LogP contribution in [0.25, 0.3) is 0 Å². The Morgan fingerprint density at radius 3 is 2.50 bits per heavy atom.